The molecule has 0 aliphatic rings. The number of hydrogen-bond donors (Lipinski definition) is 0. The minimum absolute atomic E-state index is 0.410. The fourth-order valence-corrected chi connectivity index (χ4v) is 2.72. The van der Waals surface area contributed by atoms with Crippen LogP contribution in [0.4, 0.5) is 0 Å². The van der Waals surface area contributed by atoms with Gasteiger partial charge in [-0.1, -0.05) is 66.7 Å². The second-order valence-electron chi connectivity index (χ2n) is 5.18. The predicted octanol–water partition coefficient (Wildman–Crippen LogP) is 5.73. The number of ether oxygens (including phenoxy) is 1. The van der Waals surface area contributed by atoms with Gasteiger partial charge in [0.25, 0.3) is 0 Å². The summed E-state index contributed by atoms with van der Waals surface area (Å²) in [4.78, 5) is 12.0. The van der Waals surface area contributed by atoms with Gasteiger partial charge in [-0.3, -0.25) is 0 Å². The quantitative estimate of drug-likeness (QED) is 0.329. The van der Waals surface area contributed by atoms with E-state index in [1.807, 2.05) is 72.8 Å². The van der Waals surface area contributed by atoms with Crippen LogP contribution >= 0.6 is 15.9 Å². The van der Waals surface area contributed by atoms with E-state index in [-0.39, 0.29) is 0 Å². The Balaban J connectivity index is 1.71. The third kappa shape index (κ3) is 4.21. The summed E-state index contributed by atoms with van der Waals surface area (Å²) in [5.74, 6) is 0.0874. The average Bonchev–Trinajstić information content (AvgIpc) is 2.63. The zero-order valence-corrected chi connectivity index (χ0v) is 14.4. The predicted molar refractivity (Wildman–Crippen MR) is 101 cm³/mol. The van der Waals surface area contributed by atoms with Gasteiger partial charge >= 0.3 is 5.97 Å². The summed E-state index contributed by atoms with van der Waals surface area (Å²) >= 11 is 3.47. The molecule has 3 rings (SSSR count). The van der Waals surface area contributed by atoms with Crippen molar-refractivity contribution in [2.75, 3.05) is 0 Å². The third-order valence-corrected chi connectivity index (χ3v) is 4.08. The SMILES string of the molecule is O=C(C=Cc1ccccc1)Oc1ccc(-c2ccccc2)cc1Br. The first-order chi connectivity index (χ1) is 11.7. The van der Waals surface area contributed by atoms with Crippen molar-refractivity contribution in [2.45, 2.75) is 0 Å². The van der Waals surface area contributed by atoms with Crippen LogP contribution < -0.4 is 4.74 Å². The molecule has 0 saturated carbocycles. The van der Waals surface area contributed by atoms with Crippen molar-refractivity contribution in [3.63, 3.8) is 0 Å². The van der Waals surface area contributed by atoms with Gasteiger partial charge in [-0.25, -0.2) is 4.79 Å². The summed E-state index contributed by atoms with van der Waals surface area (Å²) in [6.07, 6.45) is 3.15. The van der Waals surface area contributed by atoms with E-state index in [0.717, 1.165) is 21.2 Å². The molecule has 0 fully saturated rings. The fourth-order valence-electron chi connectivity index (χ4n) is 2.26. The molecule has 2 nitrogen and oxygen atoms in total. The zero-order valence-electron chi connectivity index (χ0n) is 12.9. The lowest BCUT2D eigenvalue weighted by Crippen LogP contribution is -2.04. The van der Waals surface area contributed by atoms with E-state index in [4.69, 9.17) is 4.74 Å². The van der Waals surface area contributed by atoms with Crippen LogP contribution in [0, 0.1) is 0 Å². The minimum Gasteiger partial charge on any atom is -0.422 e. The third-order valence-electron chi connectivity index (χ3n) is 3.46. The number of halogens is 1. The summed E-state index contributed by atoms with van der Waals surface area (Å²) < 4.78 is 6.13. The first-order valence-electron chi connectivity index (χ1n) is 7.52. The van der Waals surface area contributed by atoms with Gasteiger partial charge in [0.2, 0.25) is 0 Å². The van der Waals surface area contributed by atoms with Crippen molar-refractivity contribution in [1.82, 2.24) is 0 Å². The number of esters is 1. The molecule has 0 radical (unpaired) electrons. The van der Waals surface area contributed by atoms with Crippen molar-refractivity contribution in [3.05, 3.63) is 95.0 Å². The molecule has 3 heteroatoms. The molecule has 0 unspecified atom stereocenters. The highest BCUT2D eigenvalue weighted by Gasteiger charge is 2.07. The molecule has 0 heterocycles. The van der Waals surface area contributed by atoms with E-state index in [0.29, 0.717) is 5.75 Å². The standard InChI is InChI=1S/C21H15BrO2/c22-19-15-18(17-9-5-2-6-10-17)12-13-20(19)24-21(23)14-11-16-7-3-1-4-8-16/h1-15H. The smallest absolute Gasteiger partial charge is 0.336 e. The van der Waals surface area contributed by atoms with Gasteiger partial charge in [-0.05, 0) is 50.8 Å². The number of carbonyl (C=O) groups excluding carboxylic acids is 1. The lowest BCUT2D eigenvalue weighted by molar-refractivity contribution is -0.128. The molecular weight excluding hydrogens is 364 g/mol. The monoisotopic (exact) mass is 378 g/mol. The molecule has 0 aromatic heterocycles. The summed E-state index contributed by atoms with van der Waals surface area (Å²) in [7, 11) is 0. The van der Waals surface area contributed by atoms with Gasteiger partial charge in [-0.15, -0.1) is 0 Å². The Bertz CT molecular complexity index is 856. The molecule has 0 aliphatic heterocycles. The normalized spacial score (nSPS) is 10.7. The van der Waals surface area contributed by atoms with Crippen LogP contribution in [0.1, 0.15) is 5.56 Å². The summed E-state index contributed by atoms with van der Waals surface area (Å²) in [5, 5.41) is 0. The van der Waals surface area contributed by atoms with E-state index >= 15 is 0 Å². The molecule has 0 amide bonds. The number of hydrogen-bond acceptors (Lipinski definition) is 2. The van der Waals surface area contributed by atoms with Crippen LogP contribution in [-0.2, 0) is 4.79 Å². The largest absolute Gasteiger partial charge is 0.422 e. The second-order valence-corrected chi connectivity index (χ2v) is 6.03. The summed E-state index contributed by atoms with van der Waals surface area (Å²) in [6, 6.07) is 25.3. The van der Waals surface area contributed by atoms with Gasteiger partial charge < -0.3 is 4.74 Å². The lowest BCUT2D eigenvalue weighted by Gasteiger charge is -2.07. The molecule has 24 heavy (non-hydrogen) atoms. The molecule has 3 aromatic rings. The maximum absolute atomic E-state index is 12.0. The Hall–Kier alpha value is -2.65. The highest BCUT2D eigenvalue weighted by molar-refractivity contribution is 9.10. The van der Waals surface area contributed by atoms with Crippen LogP contribution in [0.25, 0.3) is 17.2 Å². The molecule has 3 aromatic carbocycles. The van der Waals surface area contributed by atoms with Crippen LogP contribution in [0.5, 0.6) is 5.75 Å². The van der Waals surface area contributed by atoms with Crippen LogP contribution in [0.3, 0.4) is 0 Å². The van der Waals surface area contributed by atoms with Gasteiger partial charge in [0, 0.05) is 6.08 Å². The van der Waals surface area contributed by atoms with E-state index in [9.17, 15) is 4.79 Å². The van der Waals surface area contributed by atoms with E-state index in [2.05, 4.69) is 15.9 Å². The van der Waals surface area contributed by atoms with Crippen molar-refractivity contribution in [1.29, 1.82) is 0 Å². The first-order valence-corrected chi connectivity index (χ1v) is 8.31. The number of rotatable bonds is 4. The highest BCUT2D eigenvalue weighted by atomic mass is 79.9. The van der Waals surface area contributed by atoms with Gasteiger partial charge in [-0.2, -0.15) is 0 Å². The topological polar surface area (TPSA) is 26.3 Å². The Morgan fingerprint density at radius 1 is 0.833 bits per heavy atom. The number of carbonyl (C=O) groups is 1. The van der Waals surface area contributed by atoms with Gasteiger partial charge in [0.1, 0.15) is 5.75 Å². The highest BCUT2D eigenvalue weighted by Crippen LogP contribution is 2.30. The van der Waals surface area contributed by atoms with E-state index in [1.54, 1.807) is 12.1 Å². The maximum atomic E-state index is 12.0. The van der Waals surface area contributed by atoms with E-state index in [1.165, 1.54) is 6.08 Å². The van der Waals surface area contributed by atoms with Gasteiger partial charge in [0.05, 0.1) is 4.47 Å². The van der Waals surface area contributed by atoms with Gasteiger partial charge in [0.15, 0.2) is 0 Å². The fraction of sp³-hybridized carbons (Fsp3) is 0. The Labute approximate surface area is 149 Å². The van der Waals surface area contributed by atoms with Crippen LogP contribution in [-0.4, -0.2) is 5.97 Å². The molecule has 0 aliphatic carbocycles. The van der Waals surface area contributed by atoms with Crippen molar-refractivity contribution < 1.29 is 9.53 Å². The average molecular weight is 379 g/mol. The Morgan fingerprint density at radius 3 is 2.17 bits per heavy atom. The zero-order chi connectivity index (χ0) is 16.8. The van der Waals surface area contributed by atoms with Crippen molar-refractivity contribution >= 4 is 28.0 Å². The minimum atomic E-state index is -0.410. The summed E-state index contributed by atoms with van der Waals surface area (Å²) in [5.41, 5.74) is 3.12. The number of benzene rings is 3. The molecule has 118 valence electrons. The Morgan fingerprint density at radius 2 is 1.50 bits per heavy atom. The molecule has 0 N–H and O–H groups in total. The van der Waals surface area contributed by atoms with Crippen LogP contribution in [0.2, 0.25) is 0 Å². The Kier molecular flexibility index (Phi) is 5.24. The molecule has 0 bridgehead atoms. The molecule has 0 saturated heterocycles. The molecule has 0 spiro atoms. The molecule has 0 atom stereocenters. The van der Waals surface area contributed by atoms with Crippen LogP contribution in [0.15, 0.2) is 89.4 Å². The second kappa shape index (κ2) is 7.75. The first kappa shape index (κ1) is 16.2. The summed E-state index contributed by atoms with van der Waals surface area (Å²) in [6.45, 7) is 0. The van der Waals surface area contributed by atoms with Crippen molar-refractivity contribution in [2.24, 2.45) is 0 Å². The maximum Gasteiger partial charge on any atom is 0.336 e. The lowest BCUT2D eigenvalue weighted by atomic mass is 10.1. The van der Waals surface area contributed by atoms with Crippen molar-refractivity contribution in [3.8, 4) is 16.9 Å². The molecular formula is C21H15BrO2. The van der Waals surface area contributed by atoms with E-state index < -0.39 is 5.97 Å².